The summed E-state index contributed by atoms with van der Waals surface area (Å²) in [5.41, 5.74) is 7.32. The van der Waals surface area contributed by atoms with Gasteiger partial charge in [-0.1, -0.05) is 0 Å². The van der Waals surface area contributed by atoms with Crippen molar-refractivity contribution in [2.45, 2.75) is 6.54 Å². The molecule has 0 spiro atoms. The Morgan fingerprint density at radius 3 is 2.67 bits per heavy atom. The molecule has 1 aromatic carbocycles. The molecule has 3 aromatic rings. The Morgan fingerprint density at radius 2 is 2.06 bits per heavy atom. The lowest BCUT2D eigenvalue weighted by molar-refractivity contribution is 0.415. The zero-order chi connectivity index (χ0) is 12.5. The van der Waals surface area contributed by atoms with Gasteiger partial charge in [0.1, 0.15) is 5.75 Å². The van der Waals surface area contributed by atoms with Crippen LogP contribution in [0.15, 0.2) is 30.5 Å². The van der Waals surface area contributed by atoms with Crippen molar-refractivity contribution in [2.24, 2.45) is 5.73 Å². The number of hydrogen-bond acceptors (Lipinski definition) is 4. The Balaban J connectivity index is 1.99. The molecule has 3 N–H and O–H groups in total. The molecule has 0 amide bonds. The molecule has 92 valence electrons. The minimum atomic E-state index is 0.412. The van der Waals surface area contributed by atoms with E-state index in [9.17, 15) is 0 Å². The van der Waals surface area contributed by atoms with Crippen molar-refractivity contribution in [3.8, 4) is 17.1 Å². The van der Waals surface area contributed by atoms with Crippen LogP contribution in [0.4, 0.5) is 0 Å². The summed E-state index contributed by atoms with van der Waals surface area (Å²) in [5, 5.41) is 3.15. The van der Waals surface area contributed by atoms with E-state index < -0.39 is 0 Å². The van der Waals surface area contributed by atoms with Crippen LogP contribution in [0.25, 0.3) is 17.2 Å². The maximum absolute atomic E-state index is 5.52. The molecule has 2 heterocycles. The van der Waals surface area contributed by atoms with Crippen LogP contribution in [-0.4, -0.2) is 26.7 Å². The standard InChI is InChI=1S/C12H13N5O/c1-18-10-4-2-8(3-5-10)11-15-12-14-9(6-13)7-17(12)16-11/h2-5,7H,6,13H2,1H3,(H,14,15,16). The molecule has 0 radical (unpaired) electrons. The number of hydrogen-bond donors (Lipinski definition) is 2. The maximum Gasteiger partial charge on any atom is 0.251 e. The van der Waals surface area contributed by atoms with E-state index in [2.05, 4.69) is 15.1 Å². The van der Waals surface area contributed by atoms with E-state index >= 15 is 0 Å². The molecule has 6 heteroatoms. The molecule has 0 bridgehead atoms. The fourth-order valence-corrected chi connectivity index (χ4v) is 1.79. The van der Waals surface area contributed by atoms with Crippen molar-refractivity contribution in [3.05, 3.63) is 36.2 Å². The highest BCUT2D eigenvalue weighted by atomic mass is 16.5. The maximum atomic E-state index is 5.52. The molecule has 0 atom stereocenters. The van der Waals surface area contributed by atoms with Gasteiger partial charge in [0.05, 0.1) is 19.0 Å². The first-order valence-electron chi connectivity index (χ1n) is 5.58. The minimum Gasteiger partial charge on any atom is -0.497 e. The molecule has 0 saturated heterocycles. The highest BCUT2D eigenvalue weighted by molar-refractivity contribution is 5.58. The van der Waals surface area contributed by atoms with Gasteiger partial charge in [-0.15, -0.1) is 0 Å². The molecular weight excluding hydrogens is 230 g/mol. The van der Waals surface area contributed by atoms with E-state index in [0.717, 1.165) is 22.8 Å². The molecule has 0 fully saturated rings. The lowest BCUT2D eigenvalue weighted by atomic mass is 10.2. The number of methoxy groups -OCH3 is 1. The average Bonchev–Trinajstić information content (AvgIpc) is 2.96. The largest absolute Gasteiger partial charge is 0.497 e. The predicted octanol–water partition coefficient (Wildman–Crippen LogP) is 1.19. The van der Waals surface area contributed by atoms with Gasteiger partial charge in [0.25, 0.3) is 5.78 Å². The number of nitrogens with one attached hydrogen (secondary N) is 1. The van der Waals surface area contributed by atoms with Gasteiger partial charge in [-0.3, -0.25) is 5.10 Å². The number of imidazole rings is 1. The zero-order valence-corrected chi connectivity index (χ0v) is 9.92. The minimum absolute atomic E-state index is 0.412. The fraction of sp³-hybridized carbons (Fsp3) is 0.167. The molecular formula is C12H13N5O. The third kappa shape index (κ3) is 1.72. The Bertz CT molecular complexity index is 636. The average molecular weight is 243 g/mol. The van der Waals surface area contributed by atoms with Crippen LogP contribution in [0.5, 0.6) is 5.75 Å². The number of ether oxygens (including phenoxy) is 1. The molecule has 0 aliphatic rings. The number of benzene rings is 1. The van der Waals surface area contributed by atoms with E-state index in [1.165, 1.54) is 0 Å². The van der Waals surface area contributed by atoms with Gasteiger partial charge in [0, 0.05) is 12.1 Å². The van der Waals surface area contributed by atoms with Gasteiger partial charge in [0.2, 0.25) is 0 Å². The van der Waals surface area contributed by atoms with Crippen molar-refractivity contribution in [3.63, 3.8) is 0 Å². The van der Waals surface area contributed by atoms with Crippen LogP contribution in [0.1, 0.15) is 5.69 Å². The monoisotopic (exact) mass is 243 g/mol. The van der Waals surface area contributed by atoms with Crippen LogP contribution in [-0.2, 0) is 6.54 Å². The Hall–Kier alpha value is -2.34. The fourth-order valence-electron chi connectivity index (χ4n) is 1.79. The van der Waals surface area contributed by atoms with E-state index in [1.54, 1.807) is 11.6 Å². The number of aromatic amines is 1. The number of nitrogens with two attached hydrogens (primary N) is 1. The smallest absolute Gasteiger partial charge is 0.251 e. The first kappa shape index (κ1) is 10.8. The van der Waals surface area contributed by atoms with Gasteiger partial charge in [0.15, 0.2) is 5.82 Å². The van der Waals surface area contributed by atoms with Gasteiger partial charge < -0.3 is 10.5 Å². The van der Waals surface area contributed by atoms with Crippen LogP contribution in [0.2, 0.25) is 0 Å². The summed E-state index contributed by atoms with van der Waals surface area (Å²) in [6.07, 6.45) is 1.84. The number of nitrogens with zero attached hydrogens (tertiary/aromatic N) is 3. The van der Waals surface area contributed by atoms with Crippen LogP contribution < -0.4 is 10.5 Å². The van der Waals surface area contributed by atoms with Crippen molar-refractivity contribution in [2.75, 3.05) is 7.11 Å². The Morgan fingerprint density at radius 1 is 1.28 bits per heavy atom. The summed E-state index contributed by atoms with van der Waals surface area (Å²) in [5.74, 6) is 2.21. The van der Waals surface area contributed by atoms with Gasteiger partial charge in [-0.25, -0.2) is 9.50 Å². The molecule has 6 nitrogen and oxygen atoms in total. The van der Waals surface area contributed by atoms with Crippen LogP contribution in [0.3, 0.4) is 0 Å². The summed E-state index contributed by atoms with van der Waals surface area (Å²) in [6.45, 7) is 0.412. The summed E-state index contributed by atoms with van der Waals surface area (Å²) in [7, 11) is 1.64. The second-order valence-electron chi connectivity index (χ2n) is 3.91. The summed E-state index contributed by atoms with van der Waals surface area (Å²) in [4.78, 5) is 8.69. The predicted molar refractivity (Wildman–Crippen MR) is 67.2 cm³/mol. The molecule has 3 rings (SSSR count). The molecule has 0 aliphatic carbocycles. The lowest BCUT2D eigenvalue weighted by Gasteiger charge is -2.00. The first-order valence-corrected chi connectivity index (χ1v) is 5.58. The summed E-state index contributed by atoms with van der Waals surface area (Å²) in [6, 6.07) is 7.68. The van der Waals surface area contributed by atoms with Crippen molar-refractivity contribution < 1.29 is 4.74 Å². The molecule has 2 aromatic heterocycles. The molecule has 0 unspecified atom stereocenters. The molecule has 18 heavy (non-hydrogen) atoms. The molecule has 0 aliphatic heterocycles. The number of rotatable bonds is 3. The number of fused-ring (bicyclic) bond motifs is 1. The SMILES string of the molecule is COc1ccc(-c2nc3nc(CN)cn3[nH]2)cc1. The molecule has 0 saturated carbocycles. The summed E-state index contributed by atoms with van der Waals surface area (Å²) >= 11 is 0. The van der Waals surface area contributed by atoms with Crippen LogP contribution in [0, 0.1) is 0 Å². The third-order valence-electron chi connectivity index (χ3n) is 2.75. The van der Waals surface area contributed by atoms with E-state index in [0.29, 0.717) is 12.3 Å². The first-order chi connectivity index (χ1) is 8.80. The second kappa shape index (κ2) is 4.15. The van der Waals surface area contributed by atoms with Crippen LogP contribution >= 0.6 is 0 Å². The normalized spacial score (nSPS) is 11.0. The topological polar surface area (TPSA) is 81.2 Å². The van der Waals surface area contributed by atoms with Gasteiger partial charge in [-0.05, 0) is 24.3 Å². The van der Waals surface area contributed by atoms with Gasteiger partial charge in [-0.2, -0.15) is 4.98 Å². The second-order valence-corrected chi connectivity index (χ2v) is 3.91. The van der Waals surface area contributed by atoms with Crippen molar-refractivity contribution in [1.29, 1.82) is 0 Å². The number of H-pyrrole nitrogens is 1. The Labute approximate surface area is 103 Å². The quantitative estimate of drug-likeness (QED) is 0.724. The number of aromatic nitrogens is 4. The van der Waals surface area contributed by atoms with E-state index in [1.807, 2.05) is 30.5 Å². The van der Waals surface area contributed by atoms with E-state index in [4.69, 9.17) is 10.5 Å². The lowest BCUT2D eigenvalue weighted by Crippen LogP contribution is -1.96. The highest BCUT2D eigenvalue weighted by Crippen LogP contribution is 2.19. The van der Waals surface area contributed by atoms with E-state index in [-0.39, 0.29) is 0 Å². The zero-order valence-electron chi connectivity index (χ0n) is 9.92. The third-order valence-corrected chi connectivity index (χ3v) is 2.75. The van der Waals surface area contributed by atoms with Crippen molar-refractivity contribution >= 4 is 5.78 Å². The van der Waals surface area contributed by atoms with Gasteiger partial charge >= 0.3 is 0 Å². The Kier molecular flexibility index (Phi) is 2.49. The van der Waals surface area contributed by atoms with Crippen molar-refractivity contribution in [1.82, 2.24) is 19.6 Å². The summed E-state index contributed by atoms with van der Waals surface area (Å²) < 4.78 is 6.88. The highest BCUT2D eigenvalue weighted by Gasteiger charge is 2.08.